The molecule has 0 radical (unpaired) electrons. The fourth-order valence-corrected chi connectivity index (χ4v) is 3.26. The van der Waals surface area contributed by atoms with Crippen LogP contribution >= 0.6 is 0 Å². The van der Waals surface area contributed by atoms with Crippen molar-refractivity contribution in [1.82, 2.24) is 4.90 Å². The monoisotopic (exact) mass is 430 g/mol. The number of ether oxygens (including phenoxy) is 1. The van der Waals surface area contributed by atoms with Crippen LogP contribution in [-0.4, -0.2) is 35.2 Å². The highest BCUT2D eigenvalue weighted by Crippen LogP contribution is 2.36. The van der Waals surface area contributed by atoms with Gasteiger partial charge < -0.3 is 10.5 Å². The van der Waals surface area contributed by atoms with Crippen molar-refractivity contribution in [2.75, 3.05) is 6.54 Å². The maximum absolute atomic E-state index is 14.5. The maximum atomic E-state index is 14.5. The van der Waals surface area contributed by atoms with Crippen molar-refractivity contribution in [2.45, 2.75) is 59.2 Å². The van der Waals surface area contributed by atoms with Crippen molar-refractivity contribution in [3.63, 3.8) is 0 Å². The molecule has 4 nitrogen and oxygen atoms in total. The highest BCUT2D eigenvalue weighted by molar-refractivity contribution is 5.82. The van der Waals surface area contributed by atoms with Gasteiger partial charge >= 0.3 is 6.09 Å². The molecule has 168 valence electrons. The zero-order chi connectivity index (χ0) is 23.8. The van der Waals surface area contributed by atoms with Gasteiger partial charge in [-0.05, 0) is 69.2 Å². The predicted octanol–water partition coefficient (Wildman–Crippen LogP) is 5.46. The topological polar surface area (TPSA) is 55.6 Å². The SMILES string of the molecule is C#C/C=C\C(=C/C)C1C=C(c2cc(F)ccc2F)C(CN)N1C(=O)OC(C)(C)C.CC. The molecule has 0 aliphatic carbocycles. The molecule has 2 rings (SSSR count). The molecule has 1 aromatic rings. The van der Waals surface area contributed by atoms with Crippen LogP contribution in [0, 0.1) is 24.0 Å². The number of halogens is 2. The lowest BCUT2D eigenvalue weighted by Gasteiger charge is -2.33. The lowest BCUT2D eigenvalue weighted by molar-refractivity contribution is 0.0203. The van der Waals surface area contributed by atoms with Gasteiger partial charge in [0.1, 0.15) is 17.2 Å². The summed E-state index contributed by atoms with van der Waals surface area (Å²) in [7, 11) is 0. The molecule has 2 unspecified atom stereocenters. The number of nitrogens with zero attached hydrogens (tertiary/aromatic N) is 1. The van der Waals surface area contributed by atoms with Gasteiger partial charge in [-0.1, -0.05) is 31.9 Å². The Labute approximate surface area is 184 Å². The van der Waals surface area contributed by atoms with Gasteiger partial charge in [0.25, 0.3) is 0 Å². The summed E-state index contributed by atoms with van der Waals surface area (Å²) >= 11 is 0. The summed E-state index contributed by atoms with van der Waals surface area (Å²) in [4.78, 5) is 14.5. The average molecular weight is 431 g/mol. The van der Waals surface area contributed by atoms with Crippen LogP contribution in [0.4, 0.5) is 13.6 Å². The van der Waals surface area contributed by atoms with E-state index in [-0.39, 0.29) is 12.1 Å². The number of benzene rings is 1. The third-order valence-corrected chi connectivity index (χ3v) is 4.45. The van der Waals surface area contributed by atoms with E-state index in [0.29, 0.717) is 11.1 Å². The summed E-state index contributed by atoms with van der Waals surface area (Å²) in [5.41, 5.74) is 6.43. The third kappa shape index (κ3) is 6.53. The maximum Gasteiger partial charge on any atom is 0.411 e. The Kier molecular flexibility index (Phi) is 9.67. The molecule has 0 saturated heterocycles. The van der Waals surface area contributed by atoms with Gasteiger partial charge in [0, 0.05) is 12.1 Å². The van der Waals surface area contributed by atoms with Gasteiger partial charge in [-0.25, -0.2) is 13.6 Å². The van der Waals surface area contributed by atoms with E-state index in [2.05, 4.69) is 5.92 Å². The minimum atomic E-state index is -0.738. The second kappa shape index (κ2) is 11.5. The quantitative estimate of drug-likeness (QED) is 0.510. The number of rotatable bonds is 4. The number of terminal acetylenes is 1. The molecule has 31 heavy (non-hydrogen) atoms. The molecule has 0 saturated carbocycles. The molecular formula is C25H32F2N2O2. The summed E-state index contributed by atoms with van der Waals surface area (Å²) in [6.07, 6.45) is 11.4. The zero-order valence-corrected chi connectivity index (χ0v) is 19.1. The van der Waals surface area contributed by atoms with Crippen LogP contribution in [0.2, 0.25) is 0 Å². The lowest BCUT2D eigenvalue weighted by Crippen LogP contribution is -2.48. The van der Waals surface area contributed by atoms with Crippen molar-refractivity contribution in [2.24, 2.45) is 5.73 Å². The van der Waals surface area contributed by atoms with E-state index < -0.39 is 35.4 Å². The first-order valence-electron chi connectivity index (χ1n) is 10.3. The van der Waals surface area contributed by atoms with E-state index in [1.165, 1.54) is 11.0 Å². The van der Waals surface area contributed by atoms with Crippen LogP contribution in [0.3, 0.4) is 0 Å². The number of amides is 1. The molecule has 6 heteroatoms. The van der Waals surface area contributed by atoms with Crippen LogP contribution in [0.25, 0.3) is 5.57 Å². The van der Waals surface area contributed by atoms with E-state index in [0.717, 1.165) is 18.2 Å². The van der Waals surface area contributed by atoms with Crippen LogP contribution in [0.1, 0.15) is 47.1 Å². The lowest BCUT2D eigenvalue weighted by atomic mass is 9.98. The Morgan fingerprint density at radius 3 is 2.48 bits per heavy atom. The van der Waals surface area contributed by atoms with Crippen molar-refractivity contribution < 1.29 is 18.3 Å². The molecule has 1 aliphatic rings. The van der Waals surface area contributed by atoms with Crippen LogP contribution < -0.4 is 5.73 Å². The number of allylic oxidation sites excluding steroid dienone is 2. The molecule has 1 amide bonds. The average Bonchev–Trinajstić information content (AvgIpc) is 3.10. The van der Waals surface area contributed by atoms with Gasteiger partial charge in [-0.15, -0.1) is 6.42 Å². The van der Waals surface area contributed by atoms with Crippen LogP contribution in [0.15, 0.2) is 48.1 Å². The van der Waals surface area contributed by atoms with Crippen molar-refractivity contribution in [3.05, 3.63) is 65.3 Å². The molecular weight excluding hydrogens is 398 g/mol. The van der Waals surface area contributed by atoms with E-state index in [1.54, 1.807) is 45.9 Å². The Morgan fingerprint density at radius 1 is 1.32 bits per heavy atom. The smallest absolute Gasteiger partial charge is 0.411 e. The van der Waals surface area contributed by atoms with E-state index in [9.17, 15) is 13.6 Å². The molecule has 1 aromatic carbocycles. The first-order chi connectivity index (χ1) is 14.6. The summed E-state index contributed by atoms with van der Waals surface area (Å²) in [5, 5.41) is 0. The fraction of sp³-hybridized carbons (Fsp3) is 0.400. The predicted molar refractivity (Wildman–Crippen MR) is 122 cm³/mol. The molecule has 0 fully saturated rings. The van der Waals surface area contributed by atoms with Gasteiger partial charge in [-0.3, -0.25) is 4.90 Å². The van der Waals surface area contributed by atoms with Crippen LogP contribution in [-0.2, 0) is 4.74 Å². The van der Waals surface area contributed by atoms with Gasteiger partial charge in [0.2, 0.25) is 0 Å². The van der Waals surface area contributed by atoms with Crippen molar-refractivity contribution in [3.8, 4) is 12.3 Å². The summed E-state index contributed by atoms with van der Waals surface area (Å²) in [5.74, 6) is 1.24. The minimum Gasteiger partial charge on any atom is -0.444 e. The second-order valence-electron chi connectivity index (χ2n) is 7.62. The molecule has 0 spiro atoms. The Hall–Kier alpha value is -2.91. The molecule has 0 aromatic heterocycles. The molecule has 2 N–H and O–H groups in total. The molecule has 1 heterocycles. The standard InChI is InChI=1S/C23H26F2N2O2.C2H6/c1-6-8-9-15(7-2)20-13-18(17-12-16(24)10-11-19(17)25)21(14-26)27(20)22(28)29-23(3,4)5;1-2/h1,7-13,20-21H,14,26H2,2-5H3;1-2H3/b9-8-,15-7+;. The zero-order valence-electron chi connectivity index (χ0n) is 19.1. The largest absolute Gasteiger partial charge is 0.444 e. The van der Waals surface area contributed by atoms with Gasteiger partial charge in [0.05, 0.1) is 12.1 Å². The van der Waals surface area contributed by atoms with Crippen molar-refractivity contribution in [1.29, 1.82) is 0 Å². The molecule has 0 bridgehead atoms. The molecule has 1 aliphatic heterocycles. The number of carbonyl (C=O) groups is 1. The summed E-state index contributed by atoms with van der Waals surface area (Å²) < 4.78 is 33.9. The number of carbonyl (C=O) groups excluding carboxylic acids is 1. The third-order valence-electron chi connectivity index (χ3n) is 4.45. The normalized spacial score (nSPS) is 18.9. The highest BCUT2D eigenvalue weighted by Gasteiger charge is 2.41. The summed E-state index contributed by atoms with van der Waals surface area (Å²) in [6, 6.07) is 1.92. The Bertz CT molecular complexity index is 905. The van der Waals surface area contributed by atoms with Gasteiger partial charge in [0.15, 0.2) is 0 Å². The van der Waals surface area contributed by atoms with Crippen LogP contribution in [0.5, 0.6) is 0 Å². The Morgan fingerprint density at radius 2 is 1.97 bits per heavy atom. The first-order valence-corrected chi connectivity index (χ1v) is 10.3. The van der Waals surface area contributed by atoms with E-state index >= 15 is 0 Å². The fourth-order valence-electron chi connectivity index (χ4n) is 3.26. The molecule has 2 atom stereocenters. The first kappa shape index (κ1) is 26.1. The minimum absolute atomic E-state index is 0.00732. The Balaban J connectivity index is 0.00000233. The highest BCUT2D eigenvalue weighted by atomic mass is 19.1. The van der Waals surface area contributed by atoms with E-state index in [4.69, 9.17) is 16.9 Å². The number of nitrogens with two attached hydrogens (primary N) is 1. The van der Waals surface area contributed by atoms with Crippen molar-refractivity contribution >= 4 is 11.7 Å². The number of hydrogen-bond donors (Lipinski definition) is 1. The number of hydrogen-bond acceptors (Lipinski definition) is 3. The second-order valence-corrected chi connectivity index (χ2v) is 7.62. The van der Waals surface area contributed by atoms with Gasteiger partial charge in [-0.2, -0.15) is 0 Å². The summed E-state index contributed by atoms with van der Waals surface area (Å²) in [6.45, 7) is 11.1. The van der Waals surface area contributed by atoms with E-state index in [1.807, 2.05) is 13.8 Å².